The third kappa shape index (κ3) is 1.67. The molecule has 2 atom stereocenters. The second-order valence-electron chi connectivity index (χ2n) is 6.57. The molecule has 2 aromatic rings. The van der Waals surface area contributed by atoms with Gasteiger partial charge in [-0.2, -0.15) is 0 Å². The monoisotopic (exact) mass is 338 g/mol. The zero-order valence-corrected chi connectivity index (χ0v) is 15.4. The van der Waals surface area contributed by atoms with Crippen molar-refractivity contribution < 1.29 is 0 Å². The minimum Gasteiger partial charge on any atom is -0.110 e. The molecule has 4 rings (SSSR count). The van der Waals surface area contributed by atoms with Crippen molar-refractivity contribution in [2.24, 2.45) is 0 Å². The van der Waals surface area contributed by atoms with Gasteiger partial charge in [0.2, 0.25) is 0 Å². The average molecular weight is 339 g/mol. The molecular weight excluding hydrogens is 320 g/mol. The topological polar surface area (TPSA) is 0 Å². The number of benzene rings is 2. The van der Waals surface area contributed by atoms with Gasteiger partial charge in [0.1, 0.15) is 8.07 Å². The van der Waals surface area contributed by atoms with Crippen molar-refractivity contribution in [1.82, 2.24) is 0 Å². The first-order chi connectivity index (χ1) is 10.6. The maximum Gasteiger partial charge on any atom is 0.100 e. The first-order valence-corrected chi connectivity index (χ1v) is 11.9. The fourth-order valence-corrected chi connectivity index (χ4v) is 12.8. The molecule has 2 aliphatic heterocycles. The molecular formula is C19H18S2Si. The maximum atomic E-state index is 5.83. The fraction of sp³-hybridized carbons (Fsp3) is 0.211. The van der Waals surface area contributed by atoms with E-state index in [1.165, 1.54) is 15.3 Å². The van der Waals surface area contributed by atoms with Crippen molar-refractivity contribution in [2.45, 2.75) is 23.4 Å². The highest BCUT2D eigenvalue weighted by Gasteiger charge is 2.67. The van der Waals surface area contributed by atoms with Crippen molar-refractivity contribution in [1.29, 1.82) is 0 Å². The Hall–Kier alpha value is -1.16. The predicted molar refractivity (Wildman–Crippen MR) is 104 cm³/mol. The lowest BCUT2D eigenvalue weighted by Gasteiger charge is -2.53. The zero-order valence-electron chi connectivity index (χ0n) is 12.7. The van der Waals surface area contributed by atoms with Crippen LogP contribution in [0.15, 0.2) is 66.7 Å². The largest absolute Gasteiger partial charge is 0.110 e. The van der Waals surface area contributed by atoms with E-state index in [0.717, 1.165) is 0 Å². The van der Waals surface area contributed by atoms with Crippen LogP contribution in [0.25, 0.3) is 5.20 Å². The highest BCUT2D eigenvalue weighted by atomic mass is 32.2. The SMILES string of the molecule is C[Si]1(C)C(c2ccccc2)=CC2SC(=S)C21c1ccccc1. The van der Waals surface area contributed by atoms with E-state index in [-0.39, 0.29) is 5.04 Å². The van der Waals surface area contributed by atoms with Gasteiger partial charge in [-0.25, -0.2) is 0 Å². The number of fused-ring (bicyclic) bond motifs is 1. The van der Waals surface area contributed by atoms with Gasteiger partial charge in [0.15, 0.2) is 0 Å². The molecule has 0 aliphatic carbocycles. The van der Waals surface area contributed by atoms with Crippen LogP contribution in [0.2, 0.25) is 13.1 Å². The van der Waals surface area contributed by atoms with Gasteiger partial charge in [-0.3, -0.25) is 0 Å². The summed E-state index contributed by atoms with van der Waals surface area (Å²) < 4.78 is 1.20. The number of rotatable bonds is 2. The molecule has 2 aromatic carbocycles. The van der Waals surface area contributed by atoms with Crippen LogP contribution in [0.5, 0.6) is 0 Å². The molecule has 1 fully saturated rings. The highest BCUT2D eigenvalue weighted by Crippen LogP contribution is 2.63. The Kier molecular flexibility index (Phi) is 3.22. The van der Waals surface area contributed by atoms with E-state index in [1.54, 1.807) is 5.20 Å². The summed E-state index contributed by atoms with van der Waals surface area (Å²) in [6.07, 6.45) is 2.51. The quantitative estimate of drug-likeness (QED) is 0.542. The minimum absolute atomic E-state index is 0.0967. The van der Waals surface area contributed by atoms with Crippen molar-refractivity contribution >= 4 is 41.4 Å². The molecule has 2 aliphatic rings. The molecule has 2 unspecified atom stereocenters. The number of hydrogen-bond acceptors (Lipinski definition) is 2. The van der Waals surface area contributed by atoms with Crippen LogP contribution < -0.4 is 0 Å². The molecule has 0 radical (unpaired) electrons. The Morgan fingerprint density at radius 2 is 1.55 bits per heavy atom. The molecule has 3 heteroatoms. The Morgan fingerprint density at radius 1 is 0.955 bits per heavy atom. The second kappa shape index (κ2) is 4.92. The van der Waals surface area contributed by atoms with Crippen LogP contribution >= 0.6 is 24.0 Å². The number of hydrogen-bond donors (Lipinski definition) is 0. The van der Waals surface area contributed by atoms with Gasteiger partial charge in [0, 0.05) is 5.25 Å². The van der Waals surface area contributed by atoms with Gasteiger partial charge in [0.25, 0.3) is 0 Å². The molecule has 2 heterocycles. The lowest BCUT2D eigenvalue weighted by Crippen LogP contribution is -2.63. The summed E-state index contributed by atoms with van der Waals surface area (Å²) in [4.78, 5) is 0. The first kappa shape index (κ1) is 14.4. The summed E-state index contributed by atoms with van der Waals surface area (Å²) in [6, 6.07) is 21.8. The lowest BCUT2D eigenvalue weighted by molar-refractivity contribution is 0.815. The Balaban J connectivity index is 1.89. The standard InChI is InChI=1S/C19H18S2Si/c1-22(2)16(14-9-5-3-6-10-14)13-17-19(22,18(20)21-17)15-11-7-4-8-12-15/h3-13,17H,1-2H3. The van der Waals surface area contributed by atoms with Gasteiger partial charge in [0.05, 0.1) is 9.23 Å². The van der Waals surface area contributed by atoms with E-state index in [0.29, 0.717) is 5.25 Å². The molecule has 0 saturated carbocycles. The Bertz CT molecular complexity index is 765. The first-order valence-electron chi connectivity index (χ1n) is 7.63. The molecule has 0 bridgehead atoms. The van der Waals surface area contributed by atoms with E-state index >= 15 is 0 Å². The van der Waals surface area contributed by atoms with Gasteiger partial charge in [-0.15, -0.1) is 11.8 Å². The summed E-state index contributed by atoms with van der Waals surface area (Å²) in [5.41, 5.74) is 2.80. The van der Waals surface area contributed by atoms with Crippen molar-refractivity contribution in [2.75, 3.05) is 0 Å². The normalized spacial score (nSPS) is 28.7. The van der Waals surface area contributed by atoms with Gasteiger partial charge >= 0.3 is 0 Å². The third-order valence-electron chi connectivity index (χ3n) is 5.27. The van der Waals surface area contributed by atoms with Crippen LogP contribution in [-0.4, -0.2) is 17.5 Å². The van der Waals surface area contributed by atoms with Crippen LogP contribution in [0.1, 0.15) is 11.1 Å². The zero-order chi connectivity index (χ0) is 15.4. The Morgan fingerprint density at radius 3 is 2.14 bits per heavy atom. The van der Waals surface area contributed by atoms with E-state index in [1.807, 2.05) is 11.8 Å². The molecule has 110 valence electrons. The second-order valence-corrected chi connectivity index (χ2v) is 13.0. The van der Waals surface area contributed by atoms with Crippen molar-refractivity contribution in [3.05, 3.63) is 77.9 Å². The summed E-state index contributed by atoms with van der Waals surface area (Å²) in [7, 11) is -1.75. The molecule has 1 saturated heterocycles. The summed E-state index contributed by atoms with van der Waals surface area (Å²) >= 11 is 7.71. The van der Waals surface area contributed by atoms with Crippen molar-refractivity contribution in [3.8, 4) is 0 Å². The highest BCUT2D eigenvalue weighted by molar-refractivity contribution is 8.26. The fourth-order valence-electron chi connectivity index (χ4n) is 4.12. The maximum absolute atomic E-state index is 5.83. The van der Waals surface area contributed by atoms with E-state index in [2.05, 4.69) is 79.8 Å². The molecule has 0 N–H and O–H groups in total. The van der Waals surface area contributed by atoms with Crippen molar-refractivity contribution in [3.63, 3.8) is 0 Å². The van der Waals surface area contributed by atoms with Gasteiger partial charge < -0.3 is 0 Å². The average Bonchev–Trinajstić information content (AvgIpc) is 2.71. The predicted octanol–water partition coefficient (Wildman–Crippen LogP) is 5.25. The van der Waals surface area contributed by atoms with Gasteiger partial charge in [-0.1, -0.05) is 97.2 Å². The molecule has 22 heavy (non-hydrogen) atoms. The molecule has 0 nitrogen and oxygen atoms in total. The summed E-state index contributed by atoms with van der Waals surface area (Å²) in [6.45, 7) is 4.98. The number of thiocarbonyl (C=S) groups is 1. The smallest absolute Gasteiger partial charge is 0.100 e. The van der Waals surface area contributed by atoms with Crippen LogP contribution in [0.4, 0.5) is 0 Å². The summed E-state index contributed by atoms with van der Waals surface area (Å²) in [5, 5.41) is 2.17. The van der Waals surface area contributed by atoms with Gasteiger partial charge in [-0.05, 0) is 11.1 Å². The van der Waals surface area contributed by atoms with E-state index < -0.39 is 8.07 Å². The van der Waals surface area contributed by atoms with Crippen LogP contribution in [0.3, 0.4) is 0 Å². The molecule has 0 amide bonds. The van der Waals surface area contributed by atoms with E-state index in [9.17, 15) is 0 Å². The van der Waals surface area contributed by atoms with Crippen LogP contribution in [-0.2, 0) is 5.04 Å². The molecule has 0 aromatic heterocycles. The third-order valence-corrected chi connectivity index (χ3v) is 12.4. The van der Waals surface area contributed by atoms with Crippen LogP contribution in [0, 0.1) is 0 Å². The van der Waals surface area contributed by atoms with E-state index in [4.69, 9.17) is 12.2 Å². The summed E-state index contributed by atoms with van der Waals surface area (Å²) in [5.74, 6) is 0. The lowest BCUT2D eigenvalue weighted by atomic mass is 9.94. The Labute approximate surface area is 142 Å². The number of thioether (sulfide) groups is 1. The minimum atomic E-state index is -1.75. The molecule has 0 spiro atoms.